The summed E-state index contributed by atoms with van der Waals surface area (Å²) in [5.74, 6) is -0.00303. The average molecular weight is 677 g/mol. The zero-order valence-corrected chi connectivity index (χ0v) is 27.8. The van der Waals surface area contributed by atoms with Crippen molar-refractivity contribution in [2.45, 2.75) is 50.1 Å². The van der Waals surface area contributed by atoms with Gasteiger partial charge in [0.2, 0.25) is 11.8 Å². The number of nitrogens with zero attached hydrogens (tertiary/aromatic N) is 2. The lowest BCUT2D eigenvalue weighted by molar-refractivity contribution is -0.139. The molecule has 0 aliphatic heterocycles. The number of carbonyl (C=O) groups excluding carboxylic acids is 2. The summed E-state index contributed by atoms with van der Waals surface area (Å²) < 4.78 is 35.5. The van der Waals surface area contributed by atoms with Crippen molar-refractivity contribution in [3.8, 4) is 5.75 Å². The maximum absolute atomic E-state index is 14.0. The highest BCUT2D eigenvalue weighted by Gasteiger charge is 2.32. The number of nitrogens with one attached hydrogen (secondary N) is 1. The number of benzene rings is 3. The molecule has 1 N–H and O–H groups in total. The van der Waals surface area contributed by atoms with Gasteiger partial charge in [0.25, 0.3) is 10.0 Å². The molecule has 11 heteroatoms. The molecule has 0 radical (unpaired) electrons. The van der Waals surface area contributed by atoms with E-state index in [9.17, 15) is 18.0 Å². The fourth-order valence-corrected chi connectivity index (χ4v) is 6.19. The van der Waals surface area contributed by atoms with E-state index in [1.54, 1.807) is 43.3 Å². The Hall–Kier alpha value is -3.02. The molecule has 1 atom stereocenters. The summed E-state index contributed by atoms with van der Waals surface area (Å²) in [5, 5.41) is 2.89. The second-order valence-electron chi connectivity index (χ2n) is 10.1. The van der Waals surface area contributed by atoms with Crippen LogP contribution >= 0.6 is 27.7 Å². The van der Waals surface area contributed by atoms with Crippen LogP contribution in [0.5, 0.6) is 5.75 Å². The molecule has 3 aromatic carbocycles. The molecule has 0 bridgehead atoms. The van der Waals surface area contributed by atoms with Gasteiger partial charge >= 0.3 is 0 Å². The molecule has 0 saturated heterocycles. The fourth-order valence-electron chi connectivity index (χ4n) is 4.10. The van der Waals surface area contributed by atoms with Crippen LogP contribution in [0.4, 0.5) is 5.69 Å². The highest BCUT2D eigenvalue weighted by atomic mass is 79.9. The zero-order chi connectivity index (χ0) is 30.9. The first-order valence-electron chi connectivity index (χ1n) is 13.7. The molecule has 1 unspecified atom stereocenters. The highest BCUT2D eigenvalue weighted by Crippen LogP contribution is 2.28. The minimum atomic E-state index is -4.15. The van der Waals surface area contributed by atoms with Crippen molar-refractivity contribution in [2.24, 2.45) is 5.92 Å². The summed E-state index contributed by atoms with van der Waals surface area (Å²) in [6, 6.07) is 19.7. The highest BCUT2D eigenvalue weighted by molar-refractivity contribution is 9.10. The van der Waals surface area contributed by atoms with E-state index in [1.807, 2.05) is 51.3 Å². The average Bonchev–Trinajstić information content (AvgIpc) is 2.98. The van der Waals surface area contributed by atoms with Gasteiger partial charge in [0.05, 0.1) is 17.2 Å². The molecule has 226 valence electrons. The number of thioether (sulfide) groups is 1. The topological polar surface area (TPSA) is 96.0 Å². The SMILES string of the molecule is CCOc1ccc(N(CC(=O)N(Cc2ccc(Br)cc2)C(C)C(=O)NCC(C)C)S(=O)(=O)c2ccc(SC)cc2)cc1. The first kappa shape index (κ1) is 33.5. The first-order chi connectivity index (χ1) is 20.0. The van der Waals surface area contributed by atoms with Gasteiger partial charge in [-0.1, -0.05) is 41.9 Å². The lowest BCUT2D eigenvalue weighted by Gasteiger charge is -2.32. The van der Waals surface area contributed by atoms with Gasteiger partial charge in [0.15, 0.2) is 0 Å². The lowest BCUT2D eigenvalue weighted by atomic mass is 10.1. The van der Waals surface area contributed by atoms with Gasteiger partial charge in [-0.3, -0.25) is 13.9 Å². The molecule has 3 aromatic rings. The van der Waals surface area contributed by atoms with E-state index in [0.29, 0.717) is 24.6 Å². The third-order valence-electron chi connectivity index (χ3n) is 6.48. The summed E-state index contributed by atoms with van der Waals surface area (Å²) >= 11 is 4.93. The molecule has 3 rings (SSSR count). The van der Waals surface area contributed by atoms with Crippen molar-refractivity contribution >= 4 is 55.2 Å². The van der Waals surface area contributed by atoms with Gasteiger partial charge in [0, 0.05) is 22.5 Å². The maximum Gasteiger partial charge on any atom is 0.264 e. The van der Waals surface area contributed by atoms with Crippen LogP contribution in [-0.2, 0) is 26.2 Å². The van der Waals surface area contributed by atoms with Gasteiger partial charge < -0.3 is 15.0 Å². The molecule has 0 aromatic heterocycles. The van der Waals surface area contributed by atoms with E-state index in [0.717, 1.165) is 19.2 Å². The van der Waals surface area contributed by atoms with Crippen molar-refractivity contribution < 1.29 is 22.7 Å². The number of halogens is 1. The molecule has 0 fully saturated rings. The van der Waals surface area contributed by atoms with E-state index in [1.165, 1.54) is 28.8 Å². The third-order valence-corrected chi connectivity index (χ3v) is 9.54. The Morgan fingerprint density at radius 1 is 0.952 bits per heavy atom. The number of sulfonamides is 1. The molecule has 0 spiro atoms. The Balaban J connectivity index is 2.01. The van der Waals surface area contributed by atoms with Crippen molar-refractivity contribution in [3.63, 3.8) is 0 Å². The standard InChI is InChI=1S/C31H38BrN3O5S2/c1-6-40-27-13-11-26(12-14-27)35(42(38,39)29-17-15-28(41-5)16-18-29)21-30(36)34(20-24-7-9-25(32)10-8-24)23(4)31(37)33-19-22(2)3/h7-18,22-23H,6,19-21H2,1-5H3,(H,33,37). The molecule has 0 aliphatic rings. The number of hydrogen-bond donors (Lipinski definition) is 1. The van der Waals surface area contributed by atoms with E-state index in [2.05, 4.69) is 21.2 Å². The van der Waals surface area contributed by atoms with E-state index < -0.39 is 28.5 Å². The quantitative estimate of drug-likeness (QED) is 0.212. The minimum Gasteiger partial charge on any atom is -0.494 e. The number of rotatable bonds is 14. The van der Waals surface area contributed by atoms with Crippen LogP contribution in [0.1, 0.15) is 33.3 Å². The van der Waals surface area contributed by atoms with E-state index >= 15 is 0 Å². The molecule has 0 heterocycles. The predicted molar refractivity (Wildman–Crippen MR) is 172 cm³/mol. The van der Waals surface area contributed by atoms with Crippen LogP contribution in [-0.4, -0.2) is 57.1 Å². The van der Waals surface area contributed by atoms with E-state index in [4.69, 9.17) is 4.74 Å². The normalized spacial score (nSPS) is 12.1. The van der Waals surface area contributed by atoms with Gasteiger partial charge in [0.1, 0.15) is 18.3 Å². The fraction of sp³-hybridized carbons (Fsp3) is 0.355. The molecule has 0 saturated carbocycles. The summed E-state index contributed by atoms with van der Waals surface area (Å²) in [5.41, 5.74) is 1.11. The smallest absolute Gasteiger partial charge is 0.264 e. The van der Waals surface area contributed by atoms with Crippen LogP contribution in [0, 0.1) is 5.92 Å². The summed E-state index contributed by atoms with van der Waals surface area (Å²) in [6.45, 7) is 8.04. The number of anilines is 1. The Kier molecular flexibility index (Phi) is 12.3. The van der Waals surface area contributed by atoms with Crippen LogP contribution < -0.4 is 14.4 Å². The number of ether oxygens (including phenoxy) is 1. The summed E-state index contributed by atoms with van der Waals surface area (Å²) in [7, 11) is -4.15. The lowest BCUT2D eigenvalue weighted by Crippen LogP contribution is -2.51. The largest absolute Gasteiger partial charge is 0.494 e. The predicted octanol–water partition coefficient (Wildman–Crippen LogP) is 5.95. The Bertz CT molecular complexity index is 1430. The van der Waals surface area contributed by atoms with Gasteiger partial charge in [-0.2, -0.15) is 0 Å². The molecule has 42 heavy (non-hydrogen) atoms. The van der Waals surface area contributed by atoms with Gasteiger partial charge in [-0.15, -0.1) is 11.8 Å². The third kappa shape index (κ3) is 8.99. The monoisotopic (exact) mass is 675 g/mol. The Labute approximate surface area is 262 Å². The van der Waals surface area contributed by atoms with Gasteiger partial charge in [-0.05, 0) is 92.2 Å². The number of carbonyl (C=O) groups is 2. The Morgan fingerprint density at radius 3 is 2.12 bits per heavy atom. The van der Waals surface area contributed by atoms with Crippen molar-refractivity contribution in [3.05, 3.63) is 82.8 Å². The number of amides is 2. The molecule has 2 amide bonds. The second kappa shape index (κ2) is 15.5. The van der Waals surface area contributed by atoms with Crippen molar-refractivity contribution in [1.82, 2.24) is 10.2 Å². The van der Waals surface area contributed by atoms with Crippen LogP contribution in [0.2, 0.25) is 0 Å². The molecular formula is C31H38BrN3O5S2. The molecule has 0 aliphatic carbocycles. The van der Waals surface area contributed by atoms with Gasteiger partial charge in [-0.25, -0.2) is 8.42 Å². The number of hydrogen-bond acceptors (Lipinski definition) is 6. The Morgan fingerprint density at radius 2 is 1.57 bits per heavy atom. The second-order valence-corrected chi connectivity index (χ2v) is 13.7. The molecule has 8 nitrogen and oxygen atoms in total. The maximum atomic E-state index is 14.0. The van der Waals surface area contributed by atoms with Crippen molar-refractivity contribution in [2.75, 3.05) is 30.3 Å². The van der Waals surface area contributed by atoms with E-state index in [-0.39, 0.29) is 23.3 Å². The first-order valence-corrected chi connectivity index (χ1v) is 17.1. The summed E-state index contributed by atoms with van der Waals surface area (Å²) in [4.78, 5) is 29.5. The minimum absolute atomic E-state index is 0.0594. The van der Waals surface area contributed by atoms with Crippen molar-refractivity contribution in [1.29, 1.82) is 0 Å². The molecular weight excluding hydrogens is 638 g/mol. The zero-order valence-electron chi connectivity index (χ0n) is 24.5. The van der Waals surface area contributed by atoms with Crippen LogP contribution in [0.15, 0.2) is 87.1 Å². The summed E-state index contributed by atoms with van der Waals surface area (Å²) in [6.07, 6.45) is 1.91. The van der Waals surface area contributed by atoms with Crippen LogP contribution in [0.25, 0.3) is 0 Å². The van der Waals surface area contributed by atoms with Crippen LogP contribution in [0.3, 0.4) is 0 Å².